The third kappa shape index (κ3) is 4.06. The Kier molecular flexibility index (Phi) is 4.98. The van der Waals surface area contributed by atoms with E-state index in [0.717, 1.165) is 22.0 Å². The Bertz CT molecular complexity index is 962. The lowest BCUT2D eigenvalue weighted by atomic mass is 10.1. The minimum Gasteiger partial charge on any atom is -0.480 e. The molecule has 0 bridgehead atoms. The summed E-state index contributed by atoms with van der Waals surface area (Å²) in [5, 5.41) is 13.1. The molecule has 3 rings (SSSR count). The van der Waals surface area contributed by atoms with Gasteiger partial charge in [0.1, 0.15) is 6.04 Å². The molecule has 1 amide bonds. The predicted octanol–water partition coefficient (Wildman–Crippen LogP) is 3.28. The number of hydrogen-bond acceptors (Lipinski definition) is 3. The summed E-state index contributed by atoms with van der Waals surface area (Å²) >= 11 is 0. The van der Waals surface area contributed by atoms with E-state index in [1.807, 2.05) is 50.2 Å². The number of fused-ring (bicyclic) bond motifs is 1. The summed E-state index contributed by atoms with van der Waals surface area (Å²) < 4.78 is 0. The van der Waals surface area contributed by atoms with E-state index in [4.69, 9.17) is 0 Å². The molecule has 0 saturated carbocycles. The summed E-state index contributed by atoms with van der Waals surface area (Å²) in [4.78, 5) is 28.6. The second-order valence-corrected chi connectivity index (χ2v) is 6.44. The maximum absolute atomic E-state index is 12.5. The molecule has 5 heteroatoms. The minimum absolute atomic E-state index is 0.122. The lowest BCUT2D eigenvalue weighted by molar-refractivity contribution is -0.139. The van der Waals surface area contributed by atoms with Gasteiger partial charge >= 0.3 is 5.97 Å². The van der Waals surface area contributed by atoms with Gasteiger partial charge in [-0.15, -0.1) is 0 Å². The molecule has 0 radical (unpaired) electrons. The van der Waals surface area contributed by atoms with Crippen LogP contribution in [0.3, 0.4) is 0 Å². The van der Waals surface area contributed by atoms with E-state index in [1.165, 1.54) is 0 Å². The number of aromatic nitrogens is 1. The van der Waals surface area contributed by atoms with Crippen molar-refractivity contribution in [3.8, 4) is 0 Å². The minimum atomic E-state index is -1.09. The summed E-state index contributed by atoms with van der Waals surface area (Å²) in [5.41, 5.74) is 3.79. The molecule has 1 aromatic heterocycles. The van der Waals surface area contributed by atoms with Gasteiger partial charge in [-0.1, -0.05) is 41.5 Å². The molecule has 0 unspecified atom stereocenters. The summed E-state index contributed by atoms with van der Waals surface area (Å²) in [7, 11) is 0. The fourth-order valence-corrected chi connectivity index (χ4v) is 2.98. The molecular formula is C21H20N2O3. The van der Waals surface area contributed by atoms with Gasteiger partial charge < -0.3 is 10.4 Å². The molecule has 132 valence electrons. The molecule has 0 spiro atoms. The van der Waals surface area contributed by atoms with Crippen LogP contribution in [0.25, 0.3) is 10.9 Å². The largest absolute Gasteiger partial charge is 0.480 e. The molecule has 3 aromatic rings. The second kappa shape index (κ2) is 7.35. The van der Waals surface area contributed by atoms with Gasteiger partial charge in [0.15, 0.2) is 0 Å². The van der Waals surface area contributed by atoms with E-state index < -0.39 is 17.9 Å². The van der Waals surface area contributed by atoms with Crippen LogP contribution in [-0.2, 0) is 11.2 Å². The van der Waals surface area contributed by atoms with Gasteiger partial charge in [0.05, 0.1) is 5.52 Å². The van der Waals surface area contributed by atoms with Crippen LogP contribution in [0.4, 0.5) is 0 Å². The van der Waals surface area contributed by atoms with E-state index >= 15 is 0 Å². The van der Waals surface area contributed by atoms with Crippen molar-refractivity contribution in [1.29, 1.82) is 0 Å². The lowest BCUT2D eigenvalue weighted by Gasteiger charge is -2.15. The number of carbonyl (C=O) groups excluding carboxylic acids is 1. The third-order valence-corrected chi connectivity index (χ3v) is 4.16. The maximum atomic E-state index is 12.5. The molecule has 2 N–H and O–H groups in total. The fourth-order valence-electron chi connectivity index (χ4n) is 2.98. The Hall–Kier alpha value is -3.21. The molecule has 2 aromatic carbocycles. The molecule has 5 nitrogen and oxygen atoms in total. The van der Waals surface area contributed by atoms with Crippen molar-refractivity contribution in [2.24, 2.45) is 0 Å². The van der Waals surface area contributed by atoms with Crippen LogP contribution in [0.5, 0.6) is 0 Å². The Morgan fingerprint density at radius 1 is 1.04 bits per heavy atom. The summed E-state index contributed by atoms with van der Waals surface area (Å²) in [6.45, 7) is 3.80. The average Bonchev–Trinajstić information content (AvgIpc) is 2.60. The van der Waals surface area contributed by atoms with Crippen molar-refractivity contribution < 1.29 is 14.7 Å². The number of benzene rings is 2. The number of hydrogen-bond donors (Lipinski definition) is 2. The first-order chi connectivity index (χ1) is 12.4. The standard InChI is InChI=1S/C21H20N2O3/c1-13-9-14(2)11-16(10-13)20(24)23-19(21(25)26)12-17-8-7-15-5-3-4-6-18(15)22-17/h3-11,19H,12H2,1-2H3,(H,23,24)(H,25,26)/t19-/m1/s1. The number of pyridine rings is 1. The molecule has 0 saturated heterocycles. The number of carbonyl (C=O) groups is 2. The van der Waals surface area contributed by atoms with Gasteiger partial charge in [0.2, 0.25) is 0 Å². The lowest BCUT2D eigenvalue weighted by Crippen LogP contribution is -2.42. The Morgan fingerprint density at radius 2 is 1.73 bits per heavy atom. The Labute approximate surface area is 151 Å². The van der Waals surface area contributed by atoms with Crippen molar-refractivity contribution in [2.75, 3.05) is 0 Å². The number of para-hydroxylation sites is 1. The zero-order valence-electron chi connectivity index (χ0n) is 14.7. The van der Waals surface area contributed by atoms with Crippen molar-refractivity contribution in [1.82, 2.24) is 10.3 Å². The van der Waals surface area contributed by atoms with Gasteiger partial charge in [-0.2, -0.15) is 0 Å². The first-order valence-electron chi connectivity index (χ1n) is 8.39. The molecule has 0 aliphatic carbocycles. The fraction of sp³-hybridized carbons (Fsp3) is 0.190. The van der Waals surface area contributed by atoms with Crippen molar-refractivity contribution >= 4 is 22.8 Å². The van der Waals surface area contributed by atoms with Gasteiger partial charge in [-0.05, 0) is 38.1 Å². The topological polar surface area (TPSA) is 79.3 Å². The number of aliphatic carboxylic acids is 1. The van der Waals surface area contributed by atoms with Gasteiger partial charge in [0.25, 0.3) is 5.91 Å². The first kappa shape index (κ1) is 17.6. The highest BCUT2D eigenvalue weighted by molar-refractivity contribution is 5.97. The zero-order chi connectivity index (χ0) is 18.7. The van der Waals surface area contributed by atoms with E-state index in [-0.39, 0.29) is 6.42 Å². The number of rotatable bonds is 5. The predicted molar refractivity (Wildman–Crippen MR) is 100 cm³/mol. The quantitative estimate of drug-likeness (QED) is 0.742. The molecule has 26 heavy (non-hydrogen) atoms. The zero-order valence-corrected chi connectivity index (χ0v) is 14.7. The van der Waals surface area contributed by atoms with E-state index in [9.17, 15) is 14.7 Å². The average molecular weight is 348 g/mol. The van der Waals surface area contributed by atoms with Crippen molar-refractivity contribution in [3.05, 3.63) is 77.0 Å². The molecule has 1 heterocycles. The van der Waals surface area contributed by atoms with Crippen LogP contribution >= 0.6 is 0 Å². The van der Waals surface area contributed by atoms with Gasteiger partial charge in [0, 0.05) is 23.1 Å². The molecule has 0 fully saturated rings. The van der Waals surface area contributed by atoms with E-state index in [0.29, 0.717) is 11.3 Å². The number of nitrogens with zero attached hydrogens (tertiary/aromatic N) is 1. The summed E-state index contributed by atoms with van der Waals surface area (Å²) in [6, 6.07) is 15.7. The monoisotopic (exact) mass is 348 g/mol. The molecular weight excluding hydrogens is 328 g/mol. The van der Waals surface area contributed by atoms with Crippen LogP contribution in [0.15, 0.2) is 54.6 Å². The number of amides is 1. The van der Waals surface area contributed by atoms with Crippen LogP contribution in [-0.4, -0.2) is 28.0 Å². The Balaban J connectivity index is 1.80. The highest BCUT2D eigenvalue weighted by Gasteiger charge is 2.22. The first-order valence-corrected chi connectivity index (χ1v) is 8.39. The van der Waals surface area contributed by atoms with E-state index in [1.54, 1.807) is 18.2 Å². The van der Waals surface area contributed by atoms with Crippen molar-refractivity contribution in [2.45, 2.75) is 26.3 Å². The van der Waals surface area contributed by atoms with Crippen LogP contribution in [0.1, 0.15) is 27.2 Å². The van der Waals surface area contributed by atoms with Crippen LogP contribution < -0.4 is 5.32 Å². The summed E-state index contributed by atoms with van der Waals surface area (Å²) in [5.74, 6) is -1.48. The van der Waals surface area contributed by atoms with E-state index in [2.05, 4.69) is 10.3 Å². The summed E-state index contributed by atoms with van der Waals surface area (Å²) in [6.07, 6.45) is 0.122. The molecule has 1 atom stereocenters. The maximum Gasteiger partial charge on any atom is 0.326 e. The molecule has 0 aliphatic heterocycles. The van der Waals surface area contributed by atoms with Gasteiger partial charge in [-0.25, -0.2) is 4.79 Å². The molecule has 0 aliphatic rings. The smallest absolute Gasteiger partial charge is 0.326 e. The third-order valence-electron chi connectivity index (χ3n) is 4.16. The Morgan fingerprint density at radius 3 is 2.42 bits per heavy atom. The number of aryl methyl sites for hydroxylation is 2. The number of nitrogens with one attached hydrogen (secondary N) is 1. The highest BCUT2D eigenvalue weighted by atomic mass is 16.4. The normalized spacial score (nSPS) is 11.9. The number of carboxylic acids is 1. The highest BCUT2D eigenvalue weighted by Crippen LogP contribution is 2.14. The SMILES string of the molecule is Cc1cc(C)cc(C(=O)N[C@H](Cc2ccc3ccccc3n2)C(=O)O)c1. The van der Waals surface area contributed by atoms with Gasteiger partial charge in [-0.3, -0.25) is 9.78 Å². The van der Waals surface area contributed by atoms with Crippen LogP contribution in [0.2, 0.25) is 0 Å². The van der Waals surface area contributed by atoms with Crippen molar-refractivity contribution in [3.63, 3.8) is 0 Å². The second-order valence-electron chi connectivity index (χ2n) is 6.44. The van der Waals surface area contributed by atoms with Crippen LogP contribution in [0, 0.1) is 13.8 Å². The number of carboxylic acid groups (broad SMARTS) is 1.